The number of esters is 1. The Labute approximate surface area is 112 Å². The van der Waals surface area contributed by atoms with Crippen LogP contribution in [0.3, 0.4) is 0 Å². The zero-order valence-corrected chi connectivity index (χ0v) is 11.3. The van der Waals surface area contributed by atoms with Crippen LogP contribution in [0.5, 0.6) is 5.88 Å². The van der Waals surface area contributed by atoms with E-state index in [1.54, 1.807) is 24.0 Å². The molecule has 1 aliphatic heterocycles. The quantitative estimate of drug-likeness (QED) is 0.815. The standard InChI is InChI=1S/C11H17N3O3.ClH/c1-14-8-3-9(13-14)17-11(10(15)16-2)4-6-12-7-5-11;/h3,8,12H,4-7H2,1-2H3;1H. The average Bonchev–Trinajstić information content (AvgIpc) is 2.74. The van der Waals surface area contributed by atoms with Crippen molar-refractivity contribution in [2.24, 2.45) is 7.05 Å². The summed E-state index contributed by atoms with van der Waals surface area (Å²) in [6, 6.07) is 1.74. The van der Waals surface area contributed by atoms with Gasteiger partial charge in [-0.2, -0.15) is 0 Å². The number of piperidine rings is 1. The number of ether oxygens (including phenoxy) is 2. The molecule has 7 heteroatoms. The van der Waals surface area contributed by atoms with Crippen LogP contribution in [0.25, 0.3) is 0 Å². The van der Waals surface area contributed by atoms with Gasteiger partial charge in [-0.15, -0.1) is 17.5 Å². The first kappa shape index (κ1) is 14.8. The molecule has 1 N–H and O–H groups in total. The number of halogens is 1. The van der Waals surface area contributed by atoms with Gasteiger partial charge in [-0.3, -0.25) is 4.68 Å². The van der Waals surface area contributed by atoms with Gasteiger partial charge in [-0.05, 0) is 13.1 Å². The highest BCUT2D eigenvalue weighted by atomic mass is 35.5. The van der Waals surface area contributed by atoms with Crippen molar-refractivity contribution in [1.29, 1.82) is 0 Å². The van der Waals surface area contributed by atoms with Gasteiger partial charge in [0.05, 0.1) is 7.11 Å². The summed E-state index contributed by atoms with van der Waals surface area (Å²) in [4.78, 5) is 11.9. The Morgan fingerprint density at radius 3 is 2.67 bits per heavy atom. The van der Waals surface area contributed by atoms with E-state index in [9.17, 15) is 4.79 Å². The van der Waals surface area contributed by atoms with Gasteiger partial charge in [-0.25, -0.2) is 4.79 Å². The SMILES string of the molecule is COC(=O)C1(Oc2ccn(C)n2)CCNCC1.Cl. The minimum Gasteiger partial charge on any atom is -0.466 e. The van der Waals surface area contributed by atoms with E-state index >= 15 is 0 Å². The number of carbonyl (C=O) groups is 1. The molecular formula is C11H18ClN3O3. The number of hydrogen-bond donors (Lipinski definition) is 1. The molecule has 18 heavy (non-hydrogen) atoms. The molecule has 0 spiro atoms. The molecule has 0 saturated carbocycles. The van der Waals surface area contributed by atoms with Crippen LogP contribution in [0, 0.1) is 0 Å². The number of aryl methyl sites for hydroxylation is 1. The first-order valence-electron chi connectivity index (χ1n) is 5.64. The van der Waals surface area contributed by atoms with Crippen molar-refractivity contribution >= 4 is 18.4 Å². The van der Waals surface area contributed by atoms with E-state index in [1.165, 1.54) is 7.11 Å². The van der Waals surface area contributed by atoms with Gasteiger partial charge in [0.15, 0.2) is 0 Å². The monoisotopic (exact) mass is 275 g/mol. The van der Waals surface area contributed by atoms with E-state index in [1.807, 2.05) is 0 Å². The van der Waals surface area contributed by atoms with Crippen molar-refractivity contribution in [1.82, 2.24) is 15.1 Å². The maximum atomic E-state index is 11.9. The number of methoxy groups -OCH3 is 1. The lowest BCUT2D eigenvalue weighted by molar-refractivity contribution is -0.161. The molecule has 102 valence electrons. The third kappa shape index (κ3) is 2.94. The molecule has 0 amide bonds. The molecule has 2 rings (SSSR count). The second-order valence-corrected chi connectivity index (χ2v) is 4.17. The molecule has 1 aromatic heterocycles. The molecule has 0 aliphatic carbocycles. The van der Waals surface area contributed by atoms with Crippen LogP contribution in [-0.2, 0) is 16.6 Å². The number of hydrogen-bond acceptors (Lipinski definition) is 5. The zero-order valence-electron chi connectivity index (χ0n) is 10.5. The number of nitrogens with zero attached hydrogens (tertiary/aromatic N) is 2. The first-order chi connectivity index (χ1) is 8.16. The number of nitrogens with one attached hydrogen (secondary N) is 1. The lowest BCUT2D eigenvalue weighted by atomic mass is 9.92. The van der Waals surface area contributed by atoms with Crippen molar-refractivity contribution in [2.75, 3.05) is 20.2 Å². The fraction of sp³-hybridized carbons (Fsp3) is 0.636. The normalized spacial score (nSPS) is 17.7. The summed E-state index contributed by atoms with van der Waals surface area (Å²) < 4.78 is 12.3. The predicted octanol–water partition coefficient (Wildman–Crippen LogP) is 0.516. The summed E-state index contributed by atoms with van der Waals surface area (Å²) in [6.45, 7) is 1.48. The van der Waals surface area contributed by atoms with Crippen molar-refractivity contribution < 1.29 is 14.3 Å². The molecule has 0 aromatic carbocycles. The number of rotatable bonds is 3. The fourth-order valence-corrected chi connectivity index (χ4v) is 2.01. The molecule has 2 heterocycles. The molecule has 1 saturated heterocycles. The molecular weight excluding hydrogens is 258 g/mol. The second kappa shape index (κ2) is 6.06. The molecule has 0 bridgehead atoms. The van der Waals surface area contributed by atoms with Crippen molar-refractivity contribution in [3.8, 4) is 5.88 Å². The van der Waals surface area contributed by atoms with Gasteiger partial charge in [0, 0.05) is 32.2 Å². The van der Waals surface area contributed by atoms with Crippen molar-refractivity contribution in [3.05, 3.63) is 12.3 Å². The Kier molecular flexibility index (Phi) is 4.98. The van der Waals surface area contributed by atoms with Crippen LogP contribution in [0.1, 0.15) is 12.8 Å². The largest absolute Gasteiger partial charge is 0.466 e. The smallest absolute Gasteiger partial charge is 0.350 e. The molecule has 0 unspecified atom stereocenters. The van der Waals surface area contributed by atoms with E-state index in [0.29, 0.717) is 18.7 Å². The Morgan fingerprint density at radius 2 is 2.17 bits per heavy atom. The summed E-state index contributed by atoms with van der Waals surface area (Å²) in [5, 5.41) is 7.33. The lowest BCUT2D eigenvalue weighted by Gasteiger charge is -2.34. The van der Waals surface area contributed by atoms with E-state index < -0.39 is 5.60 Å². The van der Waals surface area contributed by atoms with Crippen LogP contribution < -0.4 is 10.1 Å². The van der Waals surface area contributed by atoms with Gasteiger partial charge in [0.25, 0.3) is 0 Å². The zero-order chi connectivity index (χ0) is 12.3. The third-order valence-electron chi connectivity index (χ3n) is 2.96. The van der Waals surface area contributed by atoms with Gasteiger partial charge in [0.1, 0.15) is 0 Å². The predicted molar refractivity (Wildman–Crippen MR) is 67.9 cm³/mol. The minimum atomic E-state index is -0.894. The molecule has 1 fully saturated rings. The van der Waals surface area contributed by atoms with Gasteiger partial charge < -0.3 is 14.8 Å². The molecule has 1 aliphatic rings. The van der Waals surface area contributed by atoms with Crippen LogP contribution in [0.4, 0.5) is 0 Å². The maximum Gasteiger partial charge on any atom is 0.350 e. The van der Waals surface area contributed by atoms with Crippen LogP contribution in [0.2, 0.25) is 0 Å². The Hall–Kier alpha value is -1.27. The number of aromatic nitrogens is 2. The summed E-state index contributed by atoms with van der Waals surface area (Å²) in [7, 11) is 3.19. The summed E-state index contributed by atoms with van der Waals surface area (Å²) in [6.07, 6.45) is 2.97. The topological polar surface area (TPSA) is 65.4 Å². The van der Waals surface area contributed by atoms with Crippen molar-refractivity contribution in [3.63, 3.8) is 0 Å². The Morgan fingerprint density at radius 1 is 1.50 bits per heavy atom. The Balaban J connectivity index is 0.00000162. The molecule has 0 atom stereocenters. The number of carbonyl (C=O) groups excluding carboxylic acids is 1. The summed E-state index contributed by atoms with van der Waals surface area (Å²) in [5.41, 5.74) is -0.894. The van der Waals surface area contributed by atoms with E-state index in [-0.39, 0.29) is 18.4 Å². The van der Waals surface area contributed by atoms with Crippen LogP contribution in [-0.4, -0.2) is 41.6 Å². The minimum absolute atomic E-state index is 0. The highest BCUT2D eigenvalue weighted by Gasteiger charge is 2.43. The highest BCUT2D eigenvalue weighted by Crippen LogP contribution is 2.26. The lowest BCUT2D eigenvalue weighted by Crippen LogP contribution is -2.52. The maximum absolute atomic E-state index is 11.9. The Bertz CT molecular complexity index is 402. The van der Waals surface area contributed by atoms with Gasteiger partial charge in [-0.1, -0.05) is 0 Å². The molecule has 0 radical (unpaired) electrons. The van der Waals surface area contributed by atoms with E-state index in [4.69, 9.17) is 9.47 Å². The van der Waals surface area contributed by atoms with Crippen molar-refractivity contribution in [2.45, 2.75) is 18.4 Å². The first-order valence-corrected chi connectivity index (χ1v) is 5.64. The van der Waals surface area contributed by atoms with Gasteiger partial charge in [0.2, 0.25) is 11.5 Å². The van der Waals surface area contributed by atoms with E-state index in [2.05, 4.69) is 10.4 Å². The van der Waals surface area contributed by atoms with Crippen LogP contribution in [0.15, 0.2) is 12.3 Å². The highest BCUT2D eigenvalue weighted by molar-refractivity contribution is 5.85. The van der Waals surface area contributed by atoms with E-state index in [0.717, 1.165) is 13.1 Å². The third-order valence-corrected chi connectivity index (χ3v) is 2.96. The molecule has 1 aromatic rings. The molecule has 6 nitrogen and oxygen atoms in total. The van der Waals surface area contributed by atoms with Gasteiger partial charge >= 0.3 is 5.97 Å². The van der Waals surface area contributed by atoms with Crippen LogP contribution >= 0.6 is 12.4 Å². The fourth-order valence-electron chi connectivity index (χ4n) is 2.01. The average molecular weight is 276 g/mol. The summed E-state index contributed by atoms with van der Waals surface area (Å²) >= 11 is 0. The second-order valence-electron chi connectivity index (χ2n) is 4.17. The summed E-state index contributed by atoms with van der Waals surface area (Å²) in [5.74, 6) is 0.129.